The zero-order valence-corrected chi connectivity index (χ0v) is 21.8. The van der Waals surface area contributed by atoms with Gasteiger partial charge in [0.2, 0.25) is 0 Å². The molecule has 35 heavy (non-hydrogen) atoms. The van der Waals surface area contributed by atoms with Crippen molar-refractivity contribution in [1.82, 2.24) is 9.78 Å². The van der Waals surface area contributed by atoms with Crippen LogP contribution in [0.4, 0.5) is 5.82 Å². The highest BCUT2D eigenvalue weighted by molar-refractivity contribution is 6.36. The van der Waals surface area contributed by atoms with E-state index in [0.29, 0.717) is 34.6 Å². The van der Waals surface area contributed by atoms with Crippen LogP contribution in [0.25, 0.3) is 0 Å². The number of amides is 1. The highest BCUT2D eigenvalue weighted by Gasteiger charge is 2.13. The van der Waals surface area contributed by atoms with Crippen molar-refractivity contribution in [3.05, 3.63) is 109 Å². The number of rotatable bonds is 7. The normalized spacial score (nSPS) is 10.9. The number of aromatic nitrogens is 2. The topological polar surface area (TPSA) is 56.1 Å². The van der Waals surface area contributed by atoms with Crippen molar-refractivity contribution in [3.8, 4) is 5.75 Å². The second-order valence-corrected chi connectivity index (χ2v) is 9.53. The average molecular weight is 529 g/mol. The summed E-state index contributed by atoms with van der Waals surface area (Å²) in [6.45, 7) is 6.60. The molecule has 1 amide bonds. The molecule has 0 fully saturated rings. The van der Waals surface area contributed by atoms with Gasteiger partial charge >= 0.3 is 0 Å². The Labute approximate surface area is 219 Å². The van der Waals surface area contributed by atoms with Gasteiger partial charge in [0, 0.05) is 38.0 Å². The van der Waals surface area contributed by atoms with Gasteiger partial charge in [-0.3, -0.25) is 9.48 Å². The van der Waals surface area contributed by atoms with Gasteiger partial charge in [-0.05, 0) is 73.9 Å². The zero-order valence-electron chi connectivity index (χ0n) is 19.5. The first-order chi connectivity index (χ1) is 16.7. The number of benzene rings is 3. The molecule has 0 aliphatic rings. The minimum absolute atomic E-state index is 0.248. The first-order valence-corrected chi connectivity index (χ1v) is 12.1. The minimum Gasteiger partial charge on any atom is -0.489 e. The molecule has 4 aromatic rings. The van der Waals surface area contributed by atoms with Crippen LogP contribution in [0.15, 0.2) is 60.7 Å². The van der Waals surface area contributed by atoms with Crippen LogP contribution in [-0.4, -0.2) is 15.7 Å². The minimum atomic E-state index is -0.248. The Morgan fingerprint density at radius 2 is 1.57 bits per heavy atom. The lowest BCUT2D eigenvalue weighted by atomic mass is 10.1. The molecule has 0 atom stereocenters. The molecule has 0 saturated carbocycles. The lowest BCUT2D eigenvalue weighted by Crippen LogP contribution is -2.13. The highest BCUT2D eigenvalue weighted by Crippen LogP contribution is 2.27. The Bertz CT molecular complexity index is 1340. The van der Waals surface area contributed by atoms with Gasteiger partial charge in [-0.2, -0.15) is 5.10 Å². The number of carbonyl (C=O) groups excluding carboxylic acids is 1. The van der Waals surface area contributed by atoms with E-state index in [9.17, 15) is 4.79 Å². The Hall–Kier alpha value is -2.99. The van der Waals surface area contributed by atoms with Crippen LogP contribution in [-0.2, 0) is 13.2 Å². The van der Waals surface area contributed by atoms with E-state index >= 15 is 0 Å². The SMILES string of the molecule is Cc1cc(OCc2ccc(C(=O)Nc3cc(C)n(Cc4c(Cl)cccc4Cl)n3)cc2)cc(C)c1Cl. The predicted octanol–water partition coefficient (Wildman–Crippen LogP) is 7.65. The summed E-state index contributed by atoms with van der Waals surface area (Å²) in [5.41, 5.74) is 5.07. The van der Waals surface area contributed by atoms with Crippen LogP contribution < -0.4 is 10.1 Å². The van der Waals surface area contributed by atoms with Gasteiger partial charge in [-0.15, -0.1) is 0 Å². The highest BCUT2D eigenvalue weighted by atomic mass is 35.5. The number of halogens is 3. The quantitative estimate of drug-likeness (QED) is 0.268. The van der Waals surface area contributed by atoms with Crippen molar-refractivity contribution in [2.45, 2.75) is 33.9 Å². The molecule has 1 heterocycles. The lowest BCUT2D eigenvalue weighted by molar-refractivity contribution is 0.102. The fourth-order valence-electron chi connectivity index (χ4n) is 3.66. The number of nitrogens with one attached hydrogen (secondary N) is 1. The molecule has 3 aromatic carbocycles. The van der Waals surface area contributed by atoms with Crippen molar-refractivity contribution >= 4 is 46.5 Å². The number of carbonyl (C=O) groups is 1. The molecule has 0 unspecified atom stereocenters. The molecule has 0 saturated heterocycles. The van der Waals surface area contributed by atoms with E-state index in [1.165, 1.54) is 0 Å². The third-order valence-electron chi connectivity index (χ3n) is 5.62. The molecule has 4 rings (SSSR count). The van der Waals surface area contributed by atoms with Crippen molar-refractivity contribution in [2.24, 2.45) is 0 Å². The Morgan fingerprint density at radius 3 is 2.20 bits per heavy atom. The number of hydrogen-bond acceptors (Lipinski definition) is 3. The van der Waals surface area contributed by atoms with E-state index in [4.69, 9.17) is 39.5 Å². The van der Waals surface area contributed by atoms with Gasteiger partial charge in [-0.25, -0.2) is 0 Å². The monoisotopic (exact) mass is 527 g/mol. The van der Waals surface area contributed by atoms with Crippen LogP contribution in [0.1, 0.15) is 38.3 Å². The van der Waals surface area contributed by atoms with Crippen LogP contribution in [0.2, 0.25) is 15.1 Å². The first-order valence-electron chi connectivity index (χ1n) is 11.0. The van der Waals surface area contributed by atoms with Gasteiger partial charge < -0.3 is 10.1 Å². The predicted molar refractivity (Wildman–Crippen MR) is 142 cm³/mol. The van der Waals surface area contributed by atoms with E-state index in [2.05, 4.69) is 10.4 Å². The molecule has 1 N–H and O–H groups in total. The van der Waals surface area contributed by atoms with Gasteiger partial charge in [0.25, 0.3) is 5.91 Å². The fourth-order valence-corrected chi connectivity index (χ4v) is 4.29. The number of nitrogens with zero attached hydrogens (tertiary/aromatic N) is 2. The maximum absolute atomic E-state index is 12.8. The van der Waals surface area contributed by atoms with Crippen LogP contribution in [0, 0.1) is 20.8 Å². The average Bonchev–Trinajstić information content (AvgIpc) is 3.17. The number of aryl methyl sites for hydroxylation is 3. The van der Waals surface area contributed by atoms with Crippen LogP contribution >= 0.6 is 34.8 Å². The van der Waals surface area contributed by atoms with Gasteiger partial charge in [0.1, 0.15) is 12.4 Å². The lowest BCUT2D eigenvalue weighted by Gasteiger charge is -2.10. The van der Waals surface area contributed by atoms with Crippen LogP contribution in [0.5, 0.6) is 5.75 Å². The third kappa shape index (κ3) is 5.99. The second-order valence-electron chi connectivity index (χ2n) is 8.34. The largest absolute Gasteiger partial charge is 0.489 e. The maximum Gasteiger partial charge on any atom is 0.256 e. The molecule has 0 bridgehead atoms. The number of anilines is 1. The van der Waals surface area contributed by atoms with E-state index in [1.54, 1.807) is 41.1 Å². The number of hydrogen-bond donors (Lipinski definition) is 1. The smallest absolute Gasteiger partial charge is 0.256 e. The molecule has 0 aliphatic heterocycles. The third-order valence-corrected chi connectivity index (χ3v) is 6.93. The molecule has 0 spiro atoms. The molecule has 5 nitrogen and oxygen atoms in total. The molecule has 8 heteroatoms. The fraction of sp³-hybridized carbons (Fsp3) is 0.185. The van der Waals surface area contributed by atoms with Gasteiger partial charge in [0.05, 0.1) is 6.54 Å². The summed E-state index contributed by atoms with van der Waals surface area (Å²) in [6.07, 6.45) is 0. The summed E-state index contributed by atoms with van der Waals surface area (Å²) in [6, 6.07) is 18.3. The first kappa shape index (κ1) is 25.1. The molecular weight excluding hydrogens is 505 g/mol. The second kappa shape index (κ2) is 10.7. The van der Waals surface area contributed by atoms with E-state index in [0.717, 1.165) is 38.7 Å². The maximum atomic E-state index is 12.8. The Kier molecular flexibility index (Phi) is 7.70. The molecular formula is C27H24Cl3N3O2. The van der Waals surface area contributed by atoms with E-state index in [-0.39, 0.29) is 5.91 Å². The summed E-state index contributed by atoms with van der Waals surface area (Å²) in [5, 5.41) is 9.24. The summed E-state index contributed by atoms with van der Waals surface area (Å²) in [4.78, 5) is 12.8. The van der Waals surface area contributed by atoms with Crippen molar-refractivity contribution in [1.29, 1.82) is 0 Å². The Morgan fingerprint density at radius 1 is 0.943 bits per heavy atom. The Balaban J connectivity index is 1.38. The molecule has 180 valence electrons. The van der Waals surface area contributed by atoms with Crippen LogP contribution in [0.3, 0.4) is 0 Å². The summed E-state index contributed by atoms with van der Waals surface area (Å²) < 4.78 is 7.65. The zero-order chi connectivity index (χ0) is 25.1. The van der Waals surface area contributed by atoms with E-state index < -0.39 is 0 Å². The molecule has 0 aliphatic carbocycles. The molecule has 0 radical (unpaired) electrons. The standard InChI is InChI=1S/C27H24Cl3N3O2/c1-16-11-21(12-17(2)26(16)30)35-15-19-7-9-20(10-8-19)27(34)31-25-13-18(3)33(32-25)14-22-23(28)5-4-6-24(22)29/h4-13H,14-15H2,1-3H3,(H,31,32,34). The van der Waals surface area contributed by atoms with Crippen molar-refractivity contribution < 1.29 is 9.53 Å². The van der Waals surface area contributed by atoms with Crippen molar-refractivity contribution in [2.75, 3.05) is 5.32 Å². The summed E-state index contributed by atoms with van der Waals surface area (Å²) in [7, 11) is 0. The number of ether oxygens (including phenoxy) is 1. The molecule has 1 aromatic heterocycles. The van der Waals surface area contributed by atoms with Gasteiger partial charge in [-0.1, -0.05) is 53.0 Å². The van der Waals surface area contributed by atoms with Crippen molar-refractivity contribution in [3.63, 3.8) is 0 Å². The van der Waals surface area contributed by atoms with Gasteiger partial charge in [0.15, 0.2) is 5.82 Å². The summed E-state index contributed by atoms with van der Waals surface area (Å²) >= 11 is 18.8. The summed E-state index contributed by atoms with van der Waals surface area (Å²) in [5.74, 6) is 0.966. The van der Waals surface area contributed by atoms with E-state index in [1.807, 2.05) is 45.0 Å².